The van der Waals surface area contributed by atoms with Gasteiger partial charge in [-0.1, -0.05) is 36.4 Å². The van der Waals surface area contributed by atoms with E-state index in [0.29, 0.717) is 0 Å². The summed E-state index contributed by atoms with van der Waals surface area (Å²) < 4.78 is 11.2. The first-order valence-corrected chi connectivity index (χ1v) is 9.67. The fourth-order valence-corrected chi connectivity index (χ4v) is 2.77. The zero-order valence-electron chi connectivity index (χ0n) is 16.9. The summed E-state index contributed by atoms with van der Waals surface area (Å²) in [5.41, 5.74) is 0. The SMILES string of the molecule is [CH]1[CH][CH][C](CCOc2ccccc2)[CH]1.[CH]1[CH][CH][C](CCOc2ccccc2)[CH]1.[Cl-].[Ti+4]. The molecule has 150 valence electrons. The molecule has 0 atom stereocenters. The predicted molar refractivity (Wildman–Crippen MR) is 114 cm³/mol. The summed E-state index contributed by atoms with van der Waals surface area (Å²) in [5.74, 6) is 4.56. The minimum atomic E-state index is 0. The molecule has 2 aromatic rings. The molecule has 0 unspecified atom stereocenters. The molecule has 0 aliphatic heterocycles. The monoisotopic (exact) mass is 453 g/mol. The Balaban J connectivity index is 0.000000281. The Hall–Kier alpha value is -0.956. The molecule has 2 nitrogen and oxygen atoms in total. The molecule has 0 saturated heterocycles. The van der Waals surface area contributed by atoms with E-state index in [4.69, 9.17) is 9.47 Å². The number of halogens is 1. The fourth-order valence-electron chi connectivity index (χ4n) is 2.77. The largest absolute Gasteiger partial charge is 4.00 e. The zero-order valence-corrected chi connectivity index (χ0v) is 19.2. The van der Waals surface area contributed by atoms with Crippen LogP contribution in [0.1, 0.15) is 12.8 Å². The van der Waals surface area contributed by atoms with Crippen molar-refractivity contribution in [1.82, 2.24) is 0 Å². The van der Waals surface area contributed by atoms with Gasteiger partial charge in [-0.2, -0.15) is 0 Å². The van der Waals surface area contributed by atoms with Gasteiger partial charge in [0, 0.05) is 0 Å². The van der Waals surface area contributed by atoms with Crippen molar-refractivity contribution in [3.05, 3.63) is 124 Å². The molecule has 2 aliphatic carbocycles. The minimum absolute atomic E-state index is 0. The molecular weight excluding hydrogens is 428 g/mol. The van der Waals surface area contributed by atoms with Gasteiger partial charge >= 0.3 is 21.7 Å². The van der Waals surface area contributed by atoms with Gasteiger partial charge in [-0.15, -0.1) is 0 Å². The van der Waals surface area contributed by atoms with Crippen LogP contribution in [0.15, 0.2) is 60.7 Å². The van der Waals surface area contributed by atoms with E-state index >= 15 is 0 Å². The number of para-hydroxylation sites is 2. The summed E-state index contributed by atoms with van der Waals surface area (Å²) in [6, 6.07) is 19.8. The quantitative estimate of drug-likeness (QED) is 0.572. The molecule has 4 heteroatoms. The molecule has 0 heterocycles. The number of hydrogen-bond donors (Lipinski definition) is 0. The van der Waals surface area contributed by atoms with Crippen LogP contribution in [0.5, 0.6) is 11.5 Å². The van der Waals surface area contributed by atoms with Gasteiger partial charge in [-0.25, -0.2) is 0 Å². The van der Waals surface area contributed by atoms with E-state index in [0.717, 1.165) is 37.6 Å². The van der Waals surface area contributed by atoms with Gasteiger partial charge in [0.2, 0.25) is 0 Å². The Morgan fingerprint density at radius 2 is 0.833 bits per heavy atom. The molecule has 2 saturated carbocycles. The molecule has 2 aliphatic rings. The van der Waals surface area contributed by atoms with Gasteiger partial charge in [0.15, 0.2) is 0 Å². The van der Waals surface area contributed by atoms with Crippen LogP contribution in [-0.2, 0) is 21.7 Å². The third-order valence-corrected chi connectivity index (χ3v) is 4.27. The van der Waals surface area contributed by atoms with Crippen molar-refractivity contribution in [2.75, 3.05) is 13.2 Å². The van der Waals surface area contributed by atoms with Crippen LogP contribution < -0.4 is 21.9 Å². The number of benzene rings is 2. The summed E-state index contributed by atoms with van der Waals surface area (Å²) in [7, 11) is 0. The first kappa shape index (κ1) is 27.1. The molecule has 4 rings (SSSR count). The van der Waals surface area contributed by atoms with Crippen molar-refractivity contribution < 1.29 is 43.6 Å². The van der Waals surface area contributed by atoms with Crippen molar-refractivity contribution in [1.29, 1.82) is 0 Å². The van der Waals surface area contributed by atoms with Gasteiger partial charge < -0.3 is 21.9 Å². The van der Waals surface area contributed by atoms with Gasteiger partial charge in [0.05, 0.1) is 13.2 Å². The number of hydrogen-bond acceptors (Lipinski definition) is 2. The second kappa shape index (κ2) is 16.7. The minimum Gasteiger partial charge on any atom is -1.00 e. The van der Waals surface area contributed by atoms with E-state index in [1.54, 1.807) is 0 Å². The summed E-state index contributed by atoms with van der Waals surface area (Å²) in [6.07, 6.45) is 18.6. The first-order chi connectivity index (χ1) is 13.9. The molecule has 0 aromatic heterocycles. The first-order valence-electron chi connectivity index (χ1n) is 9.67. The number of ether oxygens (including phenoxy) is 2. The summed E-state index contributed by atoms with van der Waals surface area (Å²) >= 11 is 0. The maximum Gasteiger partial charge on any atom is 4.00 e. The molecule has 0 amide bonds. The van der Waals surface area contributed by atoms with Crippen LogP contribution in [0.25, 0.3) is 0 Å². The third-order valence-electron chi connectivity index (χ3n) is 4.27. The maximum absolute atomic E-state index is 5.58. The van der Waals surface area contributed by atoms with Crippen molar-refractivity contribution in [3.8, 4) is 11.5 Å². The van der Waals surface area contributed by atoms with Crippen LogP contribution in [-0.4, -0.2) is 13.2 Å². The average Bonchev–Trinajstić information content (AvgIpc) is 3.45. The van der Waals surface area contributed by atoms with Crippen LogP contribution in [0.4, 0.5) is 0 Å². The maximum atomic E-state index is 5.58. The van der Waals surface area contributed by atoms with E-state index < -0.39 is 0 Å². The molecule has 0 N–H and O–H groups in total. The second-order valence-corrected chi connectivity index (χ2v) is 6.41. The average molecular weight is 454 g/mol. The fraction of sp³-hybridized carbons (Fsp3) is 0.154. The van der Waals surface area contributed by atoms with Crippen LogP contribution >= 0.6 is 0 Å². The zero-order chi connectivity index (χ0) is 19.3. The molecule has 0 bridgehead atoms. The van der Waals surface area contributed by atoms with Crippen LogP contribution in [0.3, 0.4) is 0 Å². The van der Waals surface area contributed by atoms with Crippen LogP contribution in [0, 0.1) is 63.2 Å². The van der Waals surface area contributed by atoms with Crippen molar-refractivity contribution in [3.63, 3.8) is 0 Å². The normalized spacial score (nSPS) is 16.0. The standard InChI is InChI=1S/2C13H13O.ClH.Ti/c2*1-2-8-13(9-3-1)14-11-10-12-6-4-5-7-12;;/h2*1-9H,10-11H2;1H;/q;;;+4/p-1. The Morgan fingerprint density at radius 1 is 0.500 bits per heavy atom. The molecule has 0 spiro atoms. The van der Waals surface area contributed by atoms with Crippen molar-refractivity contribution >= 4 is 0 Å². The number of rotatable bonds is 8. The summed E-state index contributed by atoms with van der Waals surface area (Å²) in [5, 5.41) is 0. The molecule has 2 fully saturated rings. The van der Waals surface area contributed by atoms with E-state index in [1.807, 2.05) is 60.7 Å². The summed E-state index contributed by atoms with van der Waals surface area (Å²) in [4.78, 5) is 0. The van der Waals surface area contributed by atoms with Gasteiger partial charge in [-0.3, -0.25) is 0 Å². The Kier molecular flexibility index (Phi) is 15.1. The third kappa shape index (κ3) is 10.9. The molecular formula is C26H26ClO2Ti+3. The summed E-state index contributed by atoms with van der Waals surface area (Å²) in [6.45, 7) is 1.49. The predicted octanol–water partition coefficient (Wildman–Crippen LogP) is 2.72. The van der Waals surface area contributed by atoms with Crippen molar-refractivity contribution in [2.24, 2.45) is 0 Å². The van der Waals surface area contributed by atoms with E-state index in [1.165, 1.54) is 11.8 Å². The molecule has 30 heavy (non-hydrogen) atoms. The molecule has 2 aromatic carbocycles. The Morgan fingerprint density at radius 3 is 1.17 bits per heavy atom. The topological polar surface area (TPSA) is 18.5 Å². The van der Waals surface area contributed by atoms with E-state index in [-0.39, 0.29) is 34.1 Å². The van der Waals surface area contributed by atoms with Crippen LogP contribution in [0.2, 0.25) is 0 Å². The van der Waals surface area contributed by atoms with Crippen molar-refractivity contribution in [2.45, 2.75) is 12.8 Å². The van der Waals surface area contributed by atoms with E-state index in [9.17, 15) is 0 Å². The smallest absolute Gasteiger partial charge is 1.00 e. The van der Waals surface area contributed by atoms with E-state index in [2.05, 4.69) is 51.4 Å². The van der Waals surface area contributed by atoms with Gasteiger partial charge in [0.1, 0.15) is 11.5 Å². The Bertz CT molecular complexity index is 568. The second-order valence-electron chi connectivity index (χ2n) is 6.41. The Labute approximate surface area is 204 Å². The van der Waals surface area contributed by atoms with Gasteiger partial charge in [-0.05, 0) is 100 Å². The molecule has 10 radical (unpaired) electrons. The van der Waals surface area contributed by atoms with Gasteiger partial charge in [0.25, 0.3) is 0 Å².